The molecular weight excluding hydrogens is 428 g/mol. The smallest absolute Gasteiger partial charge is 0.330 e. The van der Waals surface area contributed by atoms with Crippen LogP contribution >= 0.6 is 11.3 Å². The van der Waals surface area contributed by atoms with Crippen LogP contribution in [0, 0.1) is 6.92 Å². The van der Waals surface area contributed by atoms with Gasteiger partial charge in [-0.05, 0) is 55.8 Å². The van der Waals surface area contributed by atoms with Crippen molar-refractivity contribution in [2.75, 3.05) is 26.1 Å². The molecule has 8 heteroatoms. The van der Waals surface area contributed by atoms with Crippen LogP contribution in [0.1, 0.15) is 27.9 Å². The number of hydrogen-bond donors (Lipinski definition) is 1. The maximum absolute atomic E-state index is 12.8. The second-order valence-corrected chi connectivity index (χ2v) is 7.66. The van der Waals surface area contributed by atoms with Crippen molar-refractivity contribution in [3.63, 3.8) is 0 Å². The van der Waals surface area contributed by atoms with E-state index in [1.807, 2.05) is 18.2 Å². The van der Waals surface area contributed by atoms with Gasteiger partial charge >= 0.3 is 5.97 Å². The van der Waals surface area contributed by atoms with Crippen molar-refractivity contribution < 1.29 is 23.8 Å². The van der Waals surface area contributed by atoms with E-state index in [2.05, 4.69) is 10.3 Å². The van der Waals surface area contributed by atoms with Crippen LogP contribution in [0.2, 0.25) is 0 Å². The summed E-state index contributed by atoms with van der Waals surface area (Å²) in [4.78, 5) is 29.3. The molecular formula is C24H24N2O5S. The third-order valence-electron chi connectivity index (χ3n) is 4.50. The van der Waals surface area contributed by atoms with E-state index < -0.39 is 5.97 Å². The third kappa shape index (κ3) is 5.53. The highest BCUT2D eigenvalue weighted by molar-refractivity contribution is 7.17. The van der Waals surface area contributed by atoms with Crippen LogP contribution in [0.25, 0.3) is 16.6 Å². The van der Waals surface area contributed by atoms with Crippen molar-refractivity contribution in [2.45, 2.75) is 13.8 Å². The number of carbonyl (C=O) groups excluding carboxylic acids is 2. The highest BCUT2D eigenvalue weighted by Gasteiger charge is 2.17. The molecule has 0 bridgehead atoms. The van der Waals surface area contributed by atoms with Gasteiger partial charge in [-0.15, -0.1) is 11.3 Å². The van der Waals surface area contributed by atoms with E-state index in [4.69, 9.17) is 14.2 Å². The molecule has 1 aromatic heterocycles. The van der Waals surface area contributed by atoms with Crippen molar-refractivity contribution in [3.05, 3.63) is 64.7 Å². The van der Waals surface area contributed by atoms with Gasteiger partial charge < -0.3 is 19.5 Å². The molecule has 0 aliphatic carbocycles. The Labute approximate surface area is 190 Å². The minimum Gasteiger partial charge on any atom is -0.493 e. The Morgan fingerprint density at radius 2 is 1.78 bits per heavy atom. The number of rotatable bonds is 8. The van der Waals surface area contributed by atoms with Crippen LogP contribution in [0.5, 0.6) is 11.5 Å². The summed E-state index contributed by atoms with van der Waals surface area (Å²) in [5, 5.41) is 3.60. The van der Waals surface area contributed by atoms with E-state index in [0.29, 0.717) is 39.4 Å². The summed E-state index contributed by atoms with van der Waals surface area (Å²) in [6.07, 6.45) is 3.03. The van der Waals surface area contributed by atoms with Crippen LogP contribution in [0.4, 0.5) is 5.69 Å². The van der Waals surface area contributed by atoms with Gasteiger partial charge in [0.15, 0.2) is 11.5 Å². The van der Waals surface area contributed by atoms with Crippen molar-refractivity contribution in [2.24, 2.45) is 0 Å². The van der Waals surface area contributed by atoms with E-state index >= 15 is 0 Å². The monoisotopic (exact) mass is 452 g/mol. The third-order valence-corrected chi connectivity index (χ3v) is 5.71. The number of hydrogen-bond acceptors (Lipinski definition) is 7. The SMILES string of the molecule is CCOC(=O)/C=C/c1ccc(NC(=O)c2sc(-c3ccc(OC)c(OC)c3)nc2C)cc1. The first-order valence-corrected chi connectivity index (χ1v) is 10.7. The van der Waals surface area contributed by atoms with E-state index in [9.17, 15) is 9.59 Å². The highest BCUT2D eigenvalue weighted by Crippen LogP contribution is 2.35. The van der Waals surface area contributed by atoms with E-state index in [1.165, 1.54) is 17.4 Å². The summed E-state index contributed by atoms with van der Waals surface area (Å²) in [6.45, 7) is 3.89. The predicted molar refractivity (Wildman–Crippen MR) is 125 cm³/mol. The molecule has 3 aromatic rings. The van der Waals surface area contributed by atoms with Gasteiger partial charge in [0.1, 0.15) is 9.88 Å². The maximum Gasteiger partial charge on any atom is 0.330 e. The van der Waals surface area contributed by atoms with Gasteiger partial charge in [0, 0.05) is 17.3 Å². The molecule has 1 N–H and O–H groups in total. The van der Waals surface area contributed by atoms with Crippen LogP contribution < -0.4 is 14.8 Å². The summed E-state index contributed by atoms with van der Waals surface area (Å²) < 4.78 is 15.5. The molecule has 0 spiro atoms. The van der Waals surface area contributed by atoms with Gasteiger partial charge in [0.2, 0.25) is 0 Å². The fourth-order valence-electron chi connectivity index (χ4n) is 2.92. The number of aromatic nitrogens is 1. The largest absolute Gasteiger partial charge is 0.493 e. The molecule has 0 atom stereocenters. The van der Waals surface area contributed by atoms with Gasteiger partial charge in [0.05, 0.1) is 26.5 Å². The lowest BCUT2D eigenvalue weighted by Gasteiger charge is -2.08. The zero-order valence-corrected chi connectivity index (χ0v) is 19.1. The number of methoxy groups -OCH3 is 2. The minimum absolute atomic E-state index is 0.235. The molecule has 1 heterocycles. The molecule has 0 unspecified atom stereocenters. The topological polar surface area (TPSA) is 86.8 Å². The first-order valence-electron chi connectivity index (χ1n) is 9.91. The number of thiazole rings is 1. The maximum atomic E-state index is 12.8. The lowest BCUT2D eigenvalue weighted by Crippen LogP contribution is -2.11. The molecule has 0 fully saturated rings. The molecule has 1 amide bonds. The fourth-order valence-corrected chi connectivity index (χ4v) is 3.88. The number of nitrogens with one attached hydrogen (secondary N) is 1. The summed E-state index contributed by atoms with van der Waals surface area (Å²) in [7, 11) is 3.16. The van der Waals surface area contributed by atoms with E-state index in [1.54, 1.807) is 58.4 Å². The average Bonchev–Trinajstić information content (AvgIpc) is 3.20. The molecule has 32 heavy (non-hydrogen) atoms. The van der Waals surface area contributed by atoms with E-state index in [-0.39, 0.29) is 5.91 Å². The number of benzene rings is 2. The lowest BCUT2D eigenvalue weighted by atomic mass is 10.2. The Hall–Kier alpha value is -3.65. The molecule has 166 valence electrons. The number of nitrogens with zero attached hydrogens (tertiary/aromatic N) is 1. The highest BCUT2D eigenvalue weighted by atomic mass is 32.1. The van der Waals surface area contributed by atoms with Crippen molar-refractivity contribution in [1.29, 1.82) is 0 Å². The molecule has 3 rings (SSSR count). The zero-order chi connectivity index (χ0) is 23.1. The van der Waals surface area contributed by atoms with Crippen LogP contribution in [-0.2, 0) is 9.53 Å². The summed E-state index contributed by atoms with van der Waals surface area (Å²) >= 11 is 1.31. The number of esters is 1. The molecule has 0 aliphatic heterocycles. The van der Waals surface area contributed by atoms with Gasteiger partial charge in [-0.3, -0.25) is 4.79 Å². The Bertz CT molecular complexity index is 1140. The Kier molecular flexibility index (Phi) is 7.62. The Morgan fingerprint density at radius 3 is 2.44 bits per heavy atom. The van der Waals surface area contributed by atoms with Gasteiger partial charge in [-0.1, -0.05) is 12.1 Å². The first kappa shape index (κ1) is 23.0. The first-order chi connectivity index (χ1) is 15.4. The predicted octanol–water partition coefficient (Wildman–Crippen LogP) is 4.96. The summed E-state index contributed by atoms with van der Waals surface area (Å²) in [6, 6.07) is 12.7. The normalized spacial score (nSPS) is 10.8. The summed E-state index contributed by atoms with van der Waals surface area (Å²) in [5.41, 5.74) is 2.95. The number of ether oxygens (including phenoxy) is 3. The van der Waals surface area contributed by atoms with Crippen molar-refractivity contribution in [1.82, 2.24) is 4.98 Å². The number of carbonyl (C=O) groups is 2. The van der Waals surface area contributed by atoms with Gasteiger partial charge in [-0.2, -0.15) is 0 Å². The molecule has 0 saturated heterocycles. The fraction of sp³-hybridized carbons (Fsp3) is 0.208. The lowest BCUT2D eigenvalue weighted by molar-refractivity contribution is -0.137. The quantitative estimate of drug-likeness (QED) is 0.384. The standard InChI is InChI=1S/C24H24N2O5S/c1-5-31-21(27)13-8-16-6-10-18(11-7-16)26-23(28)22-15(2)25-24(32-22)17-9-12-19(29-3)20(14-17)30-4/h6-14H,5H2,1-4H3,(H,26,28)/b13-8+. The second kappa shape index (κ2) is 10.6. The minimum atomic E-state index is -0.393. The van der Waals surface area contributed by atoms with Gasteiger partial charge in [-0.25, -0.2) is 9.78 Å². The zero-order valence-electron chi connectivity index (χ0n) is 18.3. The number of amides is 1. The molecule has 0 aliphatic rings. The van der Waals surface area contributed by atoms with Crippen LogP contribution in [0.15, 0.2) is 48.5 Å². The van der Waals surface area contributed by atoms with Gasteiger partial charge in [0.25, 0.3) is 5.91 Å². The molecule has 0 saturated carbocycles. The van der Waals surface area contributed by atoms with Crippen molar-refractivity contribution >= 4 is 35.0 Å². The average molecular weight is 453 g/mol. The summed E-state index contributed by atoms with van der Waals surface area (Å²) in [5.74, 6) is 0.598. The van der Waals surface area contributed by atoms with E-state index in [0.717, 1.165) is 11.1 Å². The Morgan fingerprint density at radius 1 is 1.06 bits per heavy atom. The molecule has 7 nitrogen and oxygen atoms in total. The number of anilines is 1. The van der Waals surface area contributed by atoms with Crippen LogP contribution in [-0.4, -0.2) is 37.7 Å². The number of aryl methyl sites for hydroxylation is 1. The molecule has 0 radical (unpaired) electrons. The van der Waals surface area contributed by atoms with Crippen molar-refractivity contribution in [3.8, 4) is 22.1 Å². The molecule has 2 aromatic carbocycles. The van der Waals surface area contributed by atoms with Crippen LogP contribution in [0.3, 0.4) is 0 Å². The Balaban J connectivity index is 1.72. The second-order valence-electron chi connectivity index (χ2n) is 6.66.